The summed E-state index contributed by atoms with van der Waals surface area (Å²) in [5, 5.41) is 13.7. The molecule has 1 heterocycles. The number of rotatable bonds is 8. The van der Waals surface area contributed by atoms with Crippen LogP contribution >= 0.6 is 0 Å². The van der Waals surface area contributed by atoms with Crippen molar-refractivity contribution in [1.29, 1.82) is 0 Å². The SMILES string of the molecule is CCOC(=O)c1cc(NC(=O)Cc2ccc(-n3cnnn3)cc2)cc(C(=O)OCC)c1. The Morgan fingerprint density at radius 3 is 2.06 bits per heavy atom. The number of nitrogens with one attached hydrogen (secondary N) is 1. The minimum Gasteiger partial charge on any atom is -0.462 e. The first-order valence-corrected chi connectivity index (χ1v) is 9.61. The monoisotopic (exact) mass is 423 g/mol. The summed E-state index contributed by atoms with van der Waals surface area (Å²) in [4.78, 5) is 36.8. The second kappa shape index (κ2) is 10.1. The number of benzene rings is 2. The number of carbonyl (C=O) groups is 3. The molecule has 0 aliphatic carbocycles. The summed E-state index contributed by atoms with van der Waals surface area (Å²) < 4.78 is 11.5. The van der Waals surface area contributed by atoms with Crippen LogP contribution in [0, 0.1) is 0 Å². The lowest BCUT2D eigenvalue weighted by Crippen LogP contribution is -2.16. The lowest BCUT2D eigenvalue weighted by atomic mass is 10.1. The summed E-state index contributed by atoms with van der Waals surface area (Å²) in [6, 6.07) is 11.5. The summed E-state index contributed by atoms with van der Waals surface area (Å²) in [6.07, 6.45) is 1.56. The van der Waals surface area contributed by atoms with E-state index in [0.717, 1.165) is 11.3 Å². The minimum atomic E-state index is -0.595. The van der Waals surface area contributed by atoms with Crippen LogP contribution in [0.1, 0.15) is 40.1 Å². The number of carbonyl (C=O) groups excluding carboxylic acids is 3. The van der Waals surface area contributed by atoms with Crippen LogP contribution in [0.2, 0.25) is 0 Å². The molecular formula is C21H21N5O5. The molecule has 10 nitrogen and oxygen atoms in total. The van der Waals surface area contributed by atoms with Gasteiger partial charge >= 0.3 is 11.9 Å². The van der Waals surface area contributed by atoms with Crippen molar-refractivity contribution in [1.82, 2.24) is 20.2 Å². The lowest BCUT2D eigenvalue weighted by Gasteiger charge is -2.11. The fraction of sp³-hybridized carbons (Fsp3) is 0.238. The van der Waals surface area contributed by atoms with E-state index in [1.807, 2.05) is 0 Å². The first kappa shape index (κ1) is 21.6. The molecular weight excluding hydrogens is 402 g/mol. The number of esters is 2. The highest BCUT2D eigenvalue weighted by Gasteiger charge is 2.16. The van der Waals surface area contributed by atoms with Gasteiger partial charge in [-0.25, -0.2) is 14.3 Å². The van der Waals surface area contributed by atoms with Gasteiger partial charge in [-0.2, -0.15) is 0 Å². The predicted molar refractivity (Wildman–Crippen MR) is 110 cm³/mol. The molecule has 0 unspecified atom stereocenters. The molecule has 0 radical (unpaired) electrons. The van der Waals surface area contributed by atoms with Gasteiger partial charge in [-0.1, -0.05) is 12.1 Å². The fourth-order valence-corrected chi connectivity index (χ4v) is 2.80. The average Bonchev–Trinajstić information content (AvgIpc) is 3.29. The molecule has 0 aliphatic heterocycles. The Morgan fingerprint density at radius 2 is 1.55 bits per heavy atom. The standard InChI is InChI=1S/C21H21N5O5/c1-3-30-20(28)15-10-16(21(29)31-4-2)12-17(11-15)23-19(27)9-14-5-7-18(8-6-14)26-13-22-24-25-26/h5-8,10-13H,3-4,9H2,1-2H3,(H,23,27). The van der Waals surface area contributed by atoms with Crippen LogP contribution < -0.4 is 5.32 Å². The highest BCUT2D eigenvalue weighted by atomic mass is 16.5. The van der Waals surface area contributed by atoms with Gasteiger partial charge in [0.25, 0.3) is 0 Å². The third-order valence-electron chi connectivity index (χ3n) is 4.15. The number of tetrazole rings is 1. The van der Waals surface area contributed by atoms with Crippen molar-refractivity contribution in [3.8, 4) is 5.69 Å². The first-order valence-electron chi connectivity index (χ1n) is 9.61. The number of amides is 1. The molecule has 0 aliphatic rings. The molecule has 3 rings (SSSR count). The molecule has 0 bridgehead atoms. The molecule has 1 aromatic heterocycles. The van der Waals surface area contributed by atoms with Crippen LogP contribution in [-0.2, 0) is 20.7 Å². The Hall–Kier alpha value is -4.08. The van der Waals surface area contributed by atoms with Crippen molar-refractivity contribution >= 4 is 23.5 Å². The Bertz CT molecular complexity index is 1030. The normalized spacial score (nSPS) is 10.4. The van der Waals surface area contributed by atoms with Gasteiger partial charge in [0.2, 0.25) is 5.91 Å². The van der Waals surface area contributed by atoms with Crippen LogP contribution in [0.4, 0.5) is 5.69 Å². The van der Waals surface area contributed by atoms with Crippen molar-refractivity contribution in [2.45, 2.75) is 20.3 Å². The highest BCUT2D eigenvalue weighted by molar-refractivity contribution is 5.99. The van der Waals surface area contributed by atoms with Gasteiger partial charge in [0.15, 0.2) is 0 Å². The fourth-order valence-electron chi connectivity index (χ4n) is 2.80. The Kier molecular flexibility index (Phi) is 7.05. The van der Waals surface area contributed by atoms with E-state index in [1.54, 1.807) is 38.1 Å². The number of nitrogens with zero attached hydrogens (tertiary/aromatic N) is 4. The van der Waals surface area contributed by atoms with E-state index < -0.39 is 11.9 Å². The molecule has 0 spiro atoms. The number of aromatic nitrogens is 4. The lowest BCUT2D eigenvalue weighted by molar-refractivity contribution is -0.115. The van der Waals surface area contributed by atoms with Crippen molar-refractivity contribution in [3.63, 3.8) is 0 Å². The summed E-state index contributed by atoms with van der Waals surface area (Å²) in [5.74, 6) is -1.50. The Morgan fingerprint density at radius 1 is 0.935 bits per heavy atom. The summed E-state index contributed by atoms with van der Waals surface area (Å²) in [5.41, 5.74) is 2.11. The maximum Gasteiger partial charge on any atom is 0.338 e. The zero-order valence-corrected chi connectivity index (χ0v) is 17.1. The molecule has 0 fully saturated rings. The smallest absolute Gasteiger partial charge is 0.338 e. The minimum absolute atomic E-state index is 0.0915. The average molecular weight is 423 g/mol. The van der Waals surface area contributed by atoms with Gasteiger partial charge < -0.3 is 14.8 Å². The number of ether oxygens (including phenoxy) is 2. The molecule has 160 valence electrons. The second-order valence-electron chi connectivity index (χ2n) is 6.39. The van der Waals surface area contributed by atoms with E-state index in [0.29, 0.717) is 5.69 Å². The highest BCUT2D eigenvalue weighted by Crippen LogP contribution is 2.18. The Balaban J connectivity index is 1.74. The zero-order chi connectivity index (χ0) is 22.2. The maximum atomic E-state index is 12.5. The number of anilines is 1. The zero-order valence-electron chi connectivity index (χ0n) is 17.1. The van der Waals surface area contributed by atoms with Crippen molar-refractivity contribution in [2.24, 2.45) is 0 Å². The number of hydrogen-bond acceptors (Lipinski definition) is 8. The topological polar surface area (TPSA) is 125 Å². The molecule has 0 atom stereocenters. The van der Waals surface area contributed by atoms with Gasteiger partial charge in [0.05, 0.1) is 36.4 Å². The molecule has 0 saturated carbocycles. The molecule has 1 amide bonds. The van der Waals surface area contributed by atoms with Crippen LogP contribution in [-0.4, -0.2) is 51.3 Å². The summed E-state index contributed by atoms with van der Waals surface area (Å²) >= 11 is 0. The quantitative estimate of drug-likeness (QED) is 0.547. The van der Waals surface area contributed by atoms with Gasteiger partial charge in [0, 0.05) is 5.69 Å². The van der Waals surface area contributed by atoms with Crippen molar-refractivity contribution in [2.75, 3.05) is 18.5 Å². The van der Waals surface area contributed by atoms with Crippen LogP contribution in [0.25, 0.3) is 5.69 Å². The third kappa shape index (κ3) is 5.72. The number of hydrogen-bond donors (Lipinski definition) is 1. The van der Waals surface area contributed by atoms with E-state index in [-0.39, 0.29) is 36.7 Å². The van der Waals surface area contributed by atoms with E-state index >= 15 is 0 Å². The maximum absolute atomic E-state index is 12.5. The van der Waals surface area contributed by atoms with Crippen molar-refractivity contribution in [3.05, 3.63) is 65.5 Å². The molecule has 0 saturated heterocycles. The van der Waals surface area contributed by atoms with Crippen molar-refractivity contribution < 1.29 is 23.9 Å². The molecule has 10 heteroatoms. The van der Waals surface area contributed by atoms with Gasteiger partial charge in [-0.15, -0.1) is 5.10 Å². The second-order valence-corrected chi connectivity index (χ2v) is 6.39. The van der Waals surface area contributed by atoms with Gasteiger partial charge in [0.1, 0.15) is 6.33 Å². The van der Waals surface area contributed by atoms with Crippen LogP contribution in [0.5, 0.6) is 0 Å². The Labute approximate surface area is 178 Å². The third-order valence-corrected chi connectivity index (χ3v) is 4.15. The molecule has 2 aromatic carbocycles. The molecule has 31 heavy (non-hydrogen) atoms. The summed E-state index contributed by atoms with van der Waals surface area (Å²) in [6.45, 7) is 3.73. The van der Waals surface area contributed by atoms with Crippen LogP contribution in [0.15, 0.2) is 48.8 Å². The van der Waals surface area contributed by atoms with Gasteiger partial charge in [-0.3, -0.25) is 4.79 Å². The largest absolute Gasteiger partial charge is 0.462 e. The van der Waals surface area contributed by atoms with E-state index in [9.17, 15) is 14.4 Å². The van der Waals surface area contributed by atoms with E-state index in [4.69, 9.17) is 9.47 Å². The summed E-state index contributed by atoms with van der Waals surface area (Å²) in [7, 11) is 0. The van der Waals surface area contributed by atoms with Crippen LogP contribution in [0.3, 0.4) is 0 Å². The predicted octanol–water partition coefficient (Wildman–Crippen LogP) is 2.20. The molecule has 3 aromatic rings. The van der Waals surface area contributed by atoms with Gasteiger partial charge in [-0.05, 0) is 60.2 Å². The van der Waals surface area contributed by atoms with E-state index in [2.05, 4.69) is 20.8 Å². The first-order chi connectivity index (χ1) is 15.0. The van der Waals surface area contributed by atoms with E-state index in [1.165, 1.54) is 29.2 Å². The molecule has 1 N–H and O–H groups in total.